The van der Waals surface area contributed by atoms with Crippen LogP contribution in [0.2, 0.25) is 5.02 Å². The van der Waals surface area contributed by atoms with E-state index in [9.17, 15) is 10.1 Å². The van der Waals surface area contributed by atoms with Crippen LogP contribution in [0, 0.1) is 25.2 Å². The van der Waals surface area contributed by atoms with Crippen LogP contribution in [0.15, 0.2) is 66.2 Å². The van der Waals surface area contributed by atoms with Crippen LogP contribution in [0.4, 0.5) is 5.69 Å². The van der Waals surface area contributed by atoms with Crippen molar-refractivity contribution in [3.8, 4) is 17.6 Å². The highest BCUT2D eigenvalue weighted by Crippen LogP contribution is 2.28. The van der Waals surface area contributed by atoms with E-state index in [2.05, 4.69) is 5.32 Å². The van der Waals surface area contributed by atoms with Crippen molar-refractivity contribution in [3.63, 3.8) is 0 Å². The molecule has 0 bridgehead atoms. The minimum absolute atomic E-state index is 0.0373. The van der Waals surface area contributed by atoms with Crippen molar-refractivity contribution in [2.75, 3.05) is 12.4 Å². The van der Waals surface area contributed by atoms with Crippen molar-refractivity contribution < 1.29 is 14.3 Å². The molecular formula is C26H23ClN2O3. The first-order valence-corrected chi connectivity index (χ1v) is 10.3. The number of amides is 1. The fourth-order valence-electron chi connectivity index (χ4n) is 2.95. The number of hydrogen-bond acceptors (Lipinski definition) is 4. The highest BCUT2D eigenvalue weighted by Gasteiger charge is 2.13. The van der Waals surface area contributed by atoms with E-state index in [-0.39, 0.29) is 5.57 Å². The molecule has 0 spiro atoms. The number of nitrogens with one attached hydrogen (secondary N) is 1. The van der Waals surface area contributed by atoms with Crippen LogP contribution < -0.4 is 14.8 Å². The molecule has 3 aromatic carbocycles. The quantitative estimate of drug-likeness (QED) is 0.352. The number of anilines is 1. The summed E-state index contributed by atoms with van der Waals surface area (Å²) in [5.74, 6) is 0.604. The Bertz CT molecular complexity index is 1190. The Balaban J connectivity index is 1.85. The van der Waals surface area contributed by atoms with Crippen LogP contribution in [0.25, 0.3) is 6.08 Å². The number of aryl methyl sites for hydroxylation is 2. The van der Waals surface area contributed by atoms with Crippen LogP contribution in [0.1, 0.15) is 22.3 Å². The molecule has 0 saturated carbocycles. The monoisotopic (exact) mass is 446 g/mol. The molecule has 0 aliphatic rings. The predicted molar refractivity (Wildman–Crippen MR) is 127 cm³/mol. The SMILES string of the molecule is COc1ccc(/C=C(\C#N)C(=O)Nc2ccc(C)c(C)c2)c(OCc2ccc(Cl)cc2)c1. The minimum atomic E-state index is -0.491. The number of methoxy groups -OCH3 is 1. The normalized spacial score (nSPS) is 10.9. The Kier molecular flexibility index (Phi) is 7.54. The molecule has 0 aliphatic carbocycles. The molecule has 6 heteroatoms. The molecule has 0 atom stereocenters. The Morgan fingerprint density at radius 2 is 1.81 bits per heavy atom. The third kappa shape index (κ3) is 5.90. The summed E-state index contributed by atoms with van der Waals surface area (Å²) in [5.41, 5.74) is 4.29. The summed E-state index contributed by atoms with van der Waals surface area (Å²) < 4.78 is 11.3. The number of ether oxygens (including phenoxy) is 2. The van der Waals surface area contributed by atoms with Crippen molar-refractivity contribution in [2.24, 2.45) is 0 Å². The van der Waals surface area contributed by atoms with Gasteiger partial charge in [-0.15, -0.1) is 0 Å². The standard InChI is InChI=1S/C26H23ClN2O3/c1-17-4-10-23(12-18(17)2)29-26(30)21(15-28)13-20-7-11-24(31-3)14-25(20)32-16-19-5-8-22(27)9-6-19/h4-14H,16H2,1-3H3,(H,29,30)/b21-13+. The molecule has 3 rings (SSSR count). The second-order valence-electron chi connectivity index (χ2n) is 7.24. The highest BCUT2D eigenvalue weighted by molar-refractivity contribution is 6.30. The van der Waals surface area contributed by atoms with Crippen molar-refractivity contribution >= 4 is 29.3 Å². The van der Waals surface area contributed by atoms with Crippen molar-refractivity contribution in [3.05, 3.63) is 93.5 Å². The maximum atomic E-state index is 12.7. The van der Waals surface area contributed by atoms with E-state index in [0.717, 1.165) is 16.7 Å². The Morgan fingerprint density at radius 1 is 1.06 bits per heavy atom. The number of carbonyl (C=O) groups is 1. The number of halogens is 1. The molecule has 0 saturated heterocycles. The fourth-order valence-corrected chi connectivity index (χ4v) is 3.08. The lowest BCUT2D eigenvalue weighted by Crippen LogP contribution is -2.13. The third-order valence-electron chi connectivity index (χ3n) is 4.96. The summed E-state index contributed by atoms with van der Waals surface area (Å²) in [6.45, 7) is 4.26. The second kappa shape index (κ2) is 10.5. The number of nitriles is 1. The van der Waals surface area contributed by atoms with E-state index in [0.29, 0.717) is 34.4 Å². The molecule has 1 N–H and O–H groups in total. The van der Waals surface area contributed by atoms with E-state index in [4.69, 9.17) is 21.1 Å². The molecule has 3 aromatic rings. The predicted octanol–water partition coefficient (Wildman–Crippen LogP) is 6.09. The number of nitrogens with zero attached hydrogens (tertiary/aromatic N) is 1. The van der Waals surface area contributed by atoms with Crippen LogP contribution in [-0.2, 0) is 11.4 Å². The maximum Gasteiger partial charge on any atom is 0.266 e. The zero-order valence-electron chi connectivity index (χ0n) is 18.1. The first kappa shape index (κ1) is 22.9. The lowest BCUT2D eigenvalue weighted by atomic mass is 10.1. The zero-order chi connectivity index (χ0) is 23.1. The van der Waals surface area contributed by atoms with E-state index in [1.165, 1.54) is 6.08 Å². The summed E-state index contributed by atoms with van der Waals surface area (Å²) in [7, 11) is 1.56. The van der Waals surface area contributed by atoms with E-state index < -0.39 is 5.91 Å². The van der Waals surface area contributed by atoms with Gasteiger partial charge in [-0.05, 0) is 73.0 Å². The Hall–Kier alpha value is -3.75. The lowest BCUT2D eigenvalue weighted by Gasteiger charge is -2.12. The fraction of sp³-hybridized carbons (Fsp3) is 0.154. The van der Waals surface area contributed by atoms with Crippen molar-refractivity contribution in [2.45, 2.75) is 20.5 Å². The van der Waals surface area contributed by atoms with Gasteiger partial charge in [0.25, 0.3) is 5.91 Å². The van der Waals surface area contributed by atoms with Crippen molar-refractivity contribution in [1.29, 1.82) is 5.26 Å². The molecule has 32 heavy (non-hydrogen) atoms. The van der Waals surface area contributed by atoms with Gasteiger partial charge in [0.05, 0.1) is 7.11 Å². The van der Waals surface area contributed by atoms with E-state index in [1.54, 1.807) is 37.4 Å². The van der Waals surface area contributed by atoms with E-state index >= 15 is 0 Å². The Morgan fingerprint density at radius 3 is 2.47 bits per heavy atom. The minimum Gasteiger partial charge on any atom is -0.497 e. The molecule has 0 aliphatic heterocycles. The molecule has 0 aromatic heterocycles. The molecular weight excluding hydrogens is 424 g/mol. The summed E-state index contributed by atoms with van der Waals surface area (Å²) in [6.07, 6.45) is 1.51. The van der Waals surface area contributed by atoms with Crippen LogP contribution in [-0.4, -0.2) is 13.0 Å². The molecule has 0 heterocycles. The average molecular weight is 447 g/mol. The topological polar surface area (TPSA) is 71.3 Å². The van der Waals surface area contributed by atoms with Gasteiger partial charge in [-0.2, -0.15) is 5.26 Å². The first-order chi connectivity index (χ1) is 15.4. The van der Waals surface area contributed by atoms with Gasteiger partial charge in [0, 0.05) is 22.3 Å². The van der Waals surface area contributed by atoms with Gasteiger partial charge < -0.3 is 14.8 Å². The second-order valence-corrected chi connectivity index (χ2v) is 7.68. The van der Waals surface area contributed by atoms with E-state index in [1.807, 2.05) is 50.2 Å². The lowest BCUT2D eigenvalue weighted by molar-refractivity contribution is -0.112. The van der Waals surface area contributed by atoms with Crippen molar-refractivity contribution in [1.82, 2.24) is 0 Å². The van der Waals surface area contributed by atoms with Gasteiger partial charge in [-0.1, -0.05) is 29.8 Å². The number of rotatable bonds is 7. The smallest absolute Gasteiger partial charge is 0.266 e. The first-order valence-electron chi connectivity index (χ1n) is 9.95. The molecule has 1 amide bonds. The molecule has 0 unspecified atom stereocenters. The summed E-state index contributed by atoms with van der Waals surface area (Å²) in [4.78, 5) is 12.7. The number of hydrogen-bond donors (Lipinski definition) is 1. The van der Waals surface area contributed by atoms with Gasteiger partial charge in [0.15, 0.2) is 0 Å². The van der Waals surface area contributed by atoms with Gasteiger partial charge in [-0.25, -0.2) is 0 Å². The third-order valence-corrected chi connectivity index (χ3v) is 5.21. The van der Waals surface area contributed by atoms with Crippen LogP contribution in [0.5, 0.6) is 11.5 Å². The summed E-state index contributed by atoms with van der Waals surface area (Å²) in [5, 5.41) is 13.0. The zero-order valence-corrected chi connectivity index (χ0v) is 18.9. The van der Waals surface area contributed by atoms with Gasteiger partial charge in [0.2, 0.25) is 0 Å². The largest absolute Gasteiger partial charge is 0.497 e. The maximum absolute atomic E-state index is 12.7. The number of benzene rings is 3. The highest BCUT2D eigenvalue weighted by atomic mass is 35.5. The molecule has 162 valence electrons. The van der Waals surface area contributed by atoms with Crippen LogP contribution >= 0.6 is 11.6 Å². The molecule has 5 nitrogen and oxygen atoms in total. The molecule has 0 radical (unpaired) electrons. The van der Waals surface area contributed by atoms with Gasteiger partial charge in [0.1, 0.15) is 29.7 Å². The summed E-state index contributed by atoms with van der Waals surface area (Å²) in [6, 6.07) is 20.1. The van der Waals surface area contributed by atoms with Crippen LogP contribution in [0.3, 0.4) is 0 Å². The van der Waals surface area contributed by atoms with Gasteiger partial charge in [-0.3, -0.25) is 4.79 Å². The van der Waals surface area contributed by atoms with Gasteiger partial charge >= 0.3 is 0 Å². The average Bonchev–Trinajstić information content (AvgIpc) is 2.79. The summed E-state index contributed by atoms with van der Waals surface area (Å²) >= 11 is 5.94. The molecule has 0 fully saturated rings. The Labute approximate surface area is 192 Å². The number of carbonyl (C=O) groups excluding carboxylic acids is 1.